The normalized spacial score (nSPS) is 10.4. The molecule has 0 radical (unpaired) electrons. The van der Waals surface area contributed by atoms with Crippen LogP contribution in [0.5, 0.6) is 0 Å². The van der Waals surface area contributed by atoms with Crippen molar-refractivity contribution >= 4 is 34.8 Å². The third kappa shape index (κ3) is 2.28. The van der Waals surface area contributed by atoms with Crippen molar-refractivity contribution in [3.05, 3.63) is 34.8 Å². The van der Waals surface area contributed by atoms with Gasteiger partial charge < -0.3 is 20.4 Å². The van der Waals surface area contributed by atoms with Gasteiger partial charge in [0.2, 0.25) is 5.82 Å². The quantitative estimate of drug-likeness (QED) is 0.619. The Hall–Kier alpha value is -3.56. The zero-order valence-corrected chi connectivity index (χ0v) is 10.5. The second-order valence-electron chi connectivity index (χ2n) is 4.02. The summed E-state index contributed by atoms with van der Waals surface area (Å²) < 4.78 is 0. The number of benzene rings is 1. The summed E-state index contributed by atoms with van der Waals surface area (Å²) in [6.45, 7) is 0. The van der Waals surface area contributed by atoms with Crippen LogP contribution in [0.2, 0.25) is 0 Å². The minimum atomic E-state index is -1.69. The fourth-order valence-corrected chi connectivity index (χ4v) is 1.86. The highest BCUT2D eigenvalue weighted by Crippen LogP contribution is 2.25. The van der Waals surface area contributed by atoms with Gasteiger partial charge in [0.05, 0.1) is 16.6 Å². The smallest absolute Gasteiger partial charge is 0.373 e. The molecule has 1 heterocycles. The topological polar surface area (TPSA) is 175 Å². The first kappa shape index (κ1) is 14.8. The number of carboxylic acid groups (broad SMARTS) is 4. The van der Waals surface area contributed by atoms with Gasteiger partial charge in [0.1, 0.15) is 5.56 Å². The van der Waals surface area contributed by atoms with Gasteiger partial charge in [0.25, 0.3) is 0 Å². The van der Waals surface area contributed by atoms with E-state index in [4.69, 9.17) is 20.4 Å². The monoisotopic (exact) mass is 306 g/mol. The SMILES string of the molecule is O=C(O)c1ncc2c(C(=O)O)cc(C(=O)O)c(C(=O)O)c2n1. The zero-order chi connectivity index (χ0) is 16.6. The molecule has 0 aliphatic heterocycles. The number of hydrogen-bond donors (Lipinski definition) is 4. The fraction of sp³-hybridized carbons (Fsp3) is 0. The largest absolute Gasteiger partial charge is 0.478 e. The lowest BCUT2D eigenvalue weighted by Gasteiger charge is -2.09. The Morgan fingerprint density at radius 3 is 1.86 bits per heavy atom. The first-order valence-electron chi connectivity index (χ1n) is 5.51. The van der Waals surface area contributed by atoms with Crippen LogP contribution < -0.4 is 0 Å². The predicted octanol–water partition coefficient (Wildman–Crippen LogP) is 0.423. The van der Waals surface area contributed by atoms with Gasteiger partial charge >= 0.3 is 23.9 Å². The molecule has 0 saturated carbocycles. The third-order valence-corrected chi connectivity index (χ3v) is 2.74. The summed E-state index contributed by atoms with van der Waals surface area (Å²) in [5.41, 5.74) is -2.74. The Morgan fingerprint density at radius 1 is 0.818 bits per heavy atom. The number of hydrogen-bond acceptors (Lipinski definition) is 6. The molecule has 0 aliphatic rings. The van der Waals surface area contributed by atoms with Gasteiger partial charge in [-0.25, -0.2) is 29.1 Å². The maximum atomic E-state index is 11.3. The van der Waals surface area contributed by atoms with Crippen LogP contribution in [0.3, 0.4) is 0 Å². The van der Waals surface area contributed by atoms with Gasteiger partial charge in [-0.3, -0.25) is 0 Å². The molecule has 0 saturated heterocycles. The third-order valence-electron chi connectivity index (χ3n) is 2.74. The number of rotatable bonds is 4. The van der Waals surface area contributed by atoms with Crippen molar-refractivity contribution in [2.24, 2.45) is 0 Å². The molecule has 0 atom stereocenters. The lowest BCUT2D eigenvalue weighted by molar-refractivity contribution is 0.0651. The summed E-state index contributed by atoms with van der Waals surface area (Å²) >= 11 is 0. The van der Waals surface area contributed by atoms with E-state index >= 15 is 0 Å². The van der Waals surface area contributed by atoms with E-state index in [0.29, 0.717) is 6.07 Å². The van der Waals surface area contributed by atoms with Gasteiger partial charge in [-0.15, -0.1) is 0 Å². The second kappa shape index (κ2) is 5.09. The van der Waals surface area contributed by atoms with E-state index in [1.54, 1.807) is 0 Å². The summed E-state index contributed by atoms with van der Waals surface area (Å²) in [4.78, 5) is 51.3. The Kier molecular flexibility index (Phi) is 3.43. The lowest BCUT2D eigenvalue weighted by atomic mass is 9.98. The molecule has 10 nitrogen and oxygen atoms in total. The van der Waals surface area contributed by atoms with Gasteiger partial charge in [-0.2, -0.15) is 0 Å². The van der Waals surface area contributed by atoms with Gasteiger partial charge in [0.15, 0.2) is 0 Å². The van der Waals surface area contributed by atoms with Crippen LogP contribution in [0.15, 0.2) is 12.3 Å². The van der Waals surface area contributed by atoms with Crippen LogP contribution >= 0.6 is 0 Å². The van der Waals surface area contributed by atoms with Crippen molar-refractivity contribution in [3.63, 3.8) is 0 Å². The molecule has 0 fully saturated rings. The number of aromatic nitrogens is 2. The molecule has 2 rings (SSSR count). The van der Waals surface area contributed by atoms with Crippen LogP contribution in [0.25, 0.3) is 10.9 Å². The highest BCUT2D eigenvalue weighted by Gasteiger charge is 2.26. The van der Waals surface area contributed by atoms with E-state index in [1.165, 1.54) is 0 Å². The van der Waals surface area contributed by atoms with Crippen molar-refractivity contribution in [2.75, 3.05) is 0 Å². The van der Waals surface area contributed by atoms with Gasteiger partial charge in [-0.05, 0) is 6.07 Å². The molecule has 1 aromatic heterocycles. The molecule has 112 valence electrons. The lowest BCUT2D eigenvalue weighted by Crippen LogP contribution is -2.14. The molecule has 0 aliphatic carbocycles. The number of carbonyl (C=O) groups is 4. The first-order chi connectivity index (χ1) is 10.2. The highest BCUT2D eigenvalue weighted by molar-refractivity contribution is 6.15. The Balaban J connectivity index is 3.06. The Labute approximate surface area is 120 Å². The minimum absolute atomic E-state index is 0.278. The molecule has 4 N–H and O–H groups in total. The summed E-state index contributed by atoms with van der Waals surface area (Å²) in [6, 6.07) is 0.667. The van der Waals surface area contributed by atoms with Crippen molar-refractivity contribution in [1.82, 2.24) is 9.97 Å². The zero-order valence-electron chi connectivity index (χ0n) is 10.5. The van der Waals surface area contributed by atoms with Gasteiger partial charge in [-0.1, -0.05) is 0 Å². The van der Waals surface area contributed by atoms with E-state index in [-0.39, 0.29) is 5.39 Å². The Bertz CT molecular complexity index is 858. The molecular weight excluding hydrogens is 300 g/mol. The molecule has 22 heavy (non-hydrogen) atoms. The van der Waals surface area contributed by atoms with Crippen LogP contribution in [-0.2, 0) is 0 Å². The fourth-order valence-electron chi connectivity index (χ4n) is 1.86. The molecule has 1 aromatic carbocycles. The minimum Gasteiger partial charge on any atom is -0.478 e. The van der Waals surface area contributed by atoms with Crippen LogP contribution in [0.1, 0.15) is 41.7 Å². The molecule has 0 amide bonds. The molecular formula is C12H6N2O8. The van der Waals surface area contributed by atoms with E-state index in [1.807, 2.05) is 0 Å². The van der Waals surface area contributed by atoms with Crippen LogP contribution in [0.4, 0.5) is 0 Å². The van der Waals surface area contributed by atoms with E-state index in [2.05, 4.69) is 9.97 Å². The average molecular weight is 306 g/mol. The molecule has 10 heteroatoms. The van der Waals surface area contributed by atoms with Crippen molar-refractivity contribution in [2.45, 2.75) is 0 Å². The molecule has 0 unspecified atom stereocenters. The average Bonchev–Trinajstić information content (AvgIpc) is 2.43. The van der Waals surface area contributed by atoms with Crippen LogP contribution in [-0.4, -0.2) is 54.3 Å². The number of fused-ring (bicyclic) bond motifs is 1. The van der Waals surface area contributed by atoms with Crippen molar-refractivity contribution < 1.29 is 39.6 Å². The number of nitrogens with zero attached hydrogens (tertiary/aromatic N) is 2. The first-order valence-corrected chi connectivity index (χ1v) is 5.51. The maximum absolute atomic E-state index is 11.3. The van der Waals surface area contributed by atoms with Crippen molar-refractivity contribution in [3.8, 4) is 0 Å². The highest BCUT2D eigenvalue weighted by atomic mass is 16.4. The number of carboxylic acids is 4. The summed E-state index contributed by atoms with van der Waals surface area (Å²) in [5.74, 6) is -7.26. The molecule has 0 bridgehead atoms. The van der Waals surface area contributed by atoms with Crippen LogP contribution in [0, 0.1) is 0 Å². The van der Waals surface area contributed by atoms with E-state index < -0.39 is 51.9 Å². The maximum Gasteiger partial charge on any atom is 0.373 e. The summed E-state index contributed by atoms with van der Waals surface area (Å²) in [7, 11) is 0. The number of aromatic carboxylic acids is 4. The summed E-state index contributed by atoms with van der Waals surface area (Å²) in [6.07, 6.45) is 0.827. The summed E-state index contributed by atoms with van der Waals surface area (Å²) in [5, 5.41) is 35.8. The molecule has 2 aromatic rings. The second-order valence-corrected chi connectivity index (χ2v) is 4.02. The van der Waals surface area contributed by atoms with Crippen molar-refractivity contribution in [1.29, 1.82) is 0 Å². The molecule has 0 spiro atoms. The van der Waals surface area contributed by atoms with E-state index in [9.17, 15) is 19.2 Å². The standard InChI is InChI=1S/C12H6N2O8/c15-9(16)3-1-4(10(17)18)6(11(19)20)7-5(3)2-13-8(14-7)12(21)22/h1-2H,(H,15,16)(H,17,18)(H,19,20)(H,21,22). The predicted molar refractivity (Wildman–Crippen MR) is 67.4 cm³/mol. The Morgan fingerprint density at radius 2 is 1.41 bits per heavy atom. The van der Waals surface area contributed by atoms with Gasteiger partial charge in [0, 0.05) is 11.6 Å². The van der Waals surface area contributed by atoms with E-state index in [0.717, 1.165) is 6.20 Å².